The first-order valence-electron chi connectivity index (χ1n) is 9.35. The van der Waals surface area contributed by atoms with Crippen molar-refractivity contribution in [3.05, 3.63) is 47.8 Å². The predicted octanol–water partition coefficient (Wildman–Crippen LogP) is 3.02. The van der Waals surface area contributed by atoms with Crippen molar-refractivity contribution in [3.63, 3.8) is 0 Å². The van der Waals surface area contributed by atoms with Gasteiger partial charge in [0.05, 0.1) is 33.4 Å². The van der Waals surface area contributed by atoms with E-state index in [9.17, 15) is 9.50 Å². The van der Waals surface area contributed by atoms with Crippen molar-refractivity contribution < 1.29 is 28.3 Å². The predicted molar refractivity (Wildman–Crippen MR) is 111 cm³/mol. The molecule has 2 aliphatic heterocycles. The van der Waals surface area contributed by atoms with Crippen LogP contribution in [0.1, 0.15) is 12.0 Å². The Morgan fingerprint density at radius 1 is 1.07 bits per heavy atom. The smallest absolute Gasteiger partial charge is 0.316 e. The molecule has 2 aromatic rings. The van der Waals surface area contributed by atoms with E-state index in [0.717, 1.165) is 23.0 Å². The van der Waals surface area contributed by atoms with Gasteiger partial charge < -0.3 is 19.3 Å². The largest absolute Gasteiger partial charge is 0.497 e. The van der Waals surface area contributed by atoms with Gasteiger partial charge in [0.25, 0.3) is 5.72 Å². The second-order valence-electron chi connectivity index (χ2n) is 6.92. The second kappa shape index (κ2) is 7.76. The van der Waals surface area contributed by atoms with E-state index in [1.54, 1.807) is 38.1 Å². The Bertz CT molecular complexity index is 968. The van der Waals surface area contributed by atoms with E-state index in [1.165, 1.54) is 13.2 Å². The van der Waals surface area contributed by atoms with Gasteiger partial charge in [0.1, 0.15) is 17.3 Å². The molecule has 8 heteroatoms. The lowest BCUT2D eigenvalue weighted by Gasteiger charge is -2.24. The number of β-amino-alcohol motifs (C(OH)–C–C–N with tert-alkyl or cyclic N) is 1. The second-order valence-corrected chi connectivity index (χ2v) is 7.98. The third-order valence-corrected chi connectivity index (χ3v) is 6.52. The molecular weight excluding hydrogens is 395 g/mol. The highest BCUT2D eigenvalue weighted by atomic mass is 32.2. The Morgan fingerprint density at radius 2 is 1.79 bits per heavy atom. The van der Waals surface area contributed by atoms with Crippen LogP contribution in [-0.2, 0) is 5.72 Å². The van der Waals surface area contributed by atoms with Gasteiger partial charge in [0.15, 0.2) is 18.0 Å². The molecule has 0 aromatic heterocycles. The van der Waals surface area contributed by atoms with Crippen LogP contribution in [0, 0.1) is 5.82 Å². The molecule has 0 radical (unpaired) electrons. The van der Waals surface area contributed by atoms with Gasteiger partial charge in [-0.1, -0.05) is 0 Å². The molecule has 1 N–H and O–H groups in total. The SMILES string of the molecule is COc1ccc(C2(O)CN(c3cc(OC)ccc3OC)C3=[N+]2CCCS3)c(F)c1. The quantitative estimate of drug-likeness (QED) is 0.752. The maximum Gasteiger partial charge on any atom is 0.316 e. The molecule has 0 amide bonds. The summed E-state index contributed by atoms with van der Waals surface area (Å²) in [6.45, 7) is 0.801. The first-order valence-corrected chi connectivity index (χ1v) is 10.3. The zero-order valence-corrected chi connectivity index (χ0v) is 17.5. The van der Waals surface area contributed by atoms with Gasteiger partial charge in [-0.2, -0.15) is 0 Å². The van der Waals surface area contributed by atoms with Crippen LogP contribution in [0.25, 0.3) is 0 Å². The molecule has 0 aliphatic carbocycles. The molecule has 29 heavy (non-hydrogen) atoms. The minimum Gasteiger partial charge on any atom is -0.497 e. The minimum atomic E-state index is -1.51. The van der Waals surface area contributed by atoms with Crippen molar-refractivity contribution in [2.75, 3.05) is 45.1 Å². The van der Waals surface area contributed by atoms with Gasteiger partial charge in [0, 0.05) is 17.9 Å². The van der Waals surface area contributed by atoms with E-state index in [1.807, 2.05) is 27.7 Å². The fraction of sp³-hybridized carbons (Fsp3) is 0.381. The number of aliphatic hydroxyl groups is 1. The molecule has 1 unspecified atom stereocenters. The normalized spacial score (nSPS) is 21.2. The number of hydrogen-bond acceptors (Lipinski definition) is 6. The average Bonchev–Trinajstić information content (AvgIpc) is 3.06. The van der Waals surface area contributed by atoms with Gasteiger partial charge >= 0.3 is 5.17 Å². The molecule has 4 rings (SSSR count). The van der Waals surface area contributed by atoms with E-state index in [0.29, 0.717) is 23.8 Å². The van der Waals surface area contributed by atoms with Crippen molar-refractivity contribution in [1.82, 2.24) is 0 Å². The maximum absolute atomic E-state index is 14.9. The van der Waals surface area contributed by atoms with Crippen LogP contribution < -0.4 is 19.1 Å². The summed E-state index contributed by atoms with van der Waals surface area (Å²) in [7, 11) is 4.70. The van der Waals surface area contributed by atoms with Crippen LogP contribution in [0.15, 0.2) is 36.4 Å². The lowest BCUT2D eigenvalue weighted by atomic mass is 10.0. The number of anilines is 1. The third kappa shape index (κ3) is 3.30. The fourth-order valence-corrected chi connectivity index (χ4v) is 5.05. The van der Waals surface area contributed by atoms with Crippen molar-refractivity contribution >= 4 is 22.6 Å². The zero-order valence-electron chi connectivity index (χ0n) is 16.6. The monoisotopic (exact) mass is 419 g/mol. The molecule has 0 fully saturated rings. The van der Waals surface area contributed by atoms with Crippen LogP contribution in [0.3, 0.4) is 0 Å². The number of rotatable bonds is 5. The van der Waals surface area contributed by atoms with Crippen LogP contribution in [-0.4, -0.2) is 55.0 Å². The summed E-state index contributed by atoms with van der Waals surface area (Å²) in [5, 5.41) is 12.6. The number of nitrogens with zero attached hydrogens (tertiary/aromatic N) is 2. The van der Waals surface area contributed by atoms with E-state index in [4.69, 9.17) is 14.2 Å². The summed E-state index contributed by atoms with van der Waals surface area (Å²) in [6.07, 6.45) is 0.900. The maximum atomic E-state index is 14.9. The minimum absolute atomic E-state index is 0.169. The lowest BCUT2D eigenvalue weighted by Crippen LogP contribution is -2.42. The molecule has 0 spiro atoms. The van der Waals surface area contributed by atoms with Crippen LogP contribution in [0.5, 0.6) is 17.2 Å². The molecule has 0 saturated carbocycles. The Balaban J connectivity index is 1.84. The molecule has 154 valence electrons. The van der Waals surface area contributed by atoms with E-state index in [-0.39, 0.29) is 12.1 Å². The molecule has 0 bridgehead atoms. The van der Waals surface area contributed by atoms with Crippen molar-refractivity contribution in [2.45, 2.75) is 12.1 Å². The molecule has 2 aromatic carbocycles. The molecule has 2 aliphatic rings. The van der Waals surface area contributed by atoms with E-state index < -0.39 is 11.5 Å². The number of ether oxygens (including phenoxy) is 3. The van der Waals surface area contributed by atoms with Crippen molar-refractivity contribution in [2.24, 2.45) is 0 Å². The van der Waals surface area contributed by atoms with Gasteiger partial charge in [-0.3, -0.25) is 0 Å². The summed E-state index contributed by atoms with van der Waals surface area (Å²) in [5.74, 6) is 2.18. The van der Waals surface area contributed by atoms with Gasteiger partial charge in [-0.25, -0.2) is 13.9 Å². The first kappa shape index (κ1) is 19.8. The van der Waals surface area contributed by atoms with E-state index >= 15 is 0 Å². The summed E-state index contributed by atoms with van der Waals surface area (Å²) < 4.78 is 32.9. The van der Waals surface area contributed by atoms with E-state index in [2.05, 4.69) is 0 Å². The number of benzene rings is 2. The van der Waals surface area contributed by atoms with Crippen LogP contribution >= 0.6 is 11.8 Å². The standard InChI is InChI=1S/C21H24FN2O4S/c1-26-14-5-7-16(17(22)11-14)21(25)13-23(20-24(21)9-4-10-29-20)18-12-15(27-2)6-8-19(18)28-3/h5-8,11-12,25H,4,9-10,13H2,1-3H3/q+1. The molecule has 6 nitrogen and oxygen atoms in total. The number of thioether (sulfide) groups is 1. The number of amidine groups is 1. The summed E-state index contributed by atoms with van der Waals surface area (Å²) in [5.41, 5.74) is -0.513. The number of methoxy groups -OCH3 is 3. The zero-order chi connectivity index (χ0) is 20.6. The highest BCUT2D eigenvalue weighted by Gasteiger charge is 2.55. The molecular formula is C21H24FN2O4S+. The fourth-order valence-electron chi connectivity index (χ4n) is 3.87. The molecule has 2 heterocycles. The summed E-state index contributed by atoms with van der Waals surface area (Å²) in [4.78, 5) is 1.98. The number of halogens is 1. The van der Waals surface area contributed by atoms with Crippen molar-refractivity contribution in [3.8, 4) is 17.2 Å². The Morgan fingerprint density at radius 3 is 2.48 bits per heavy atom. The summed E-state index contributed by atoms with van der Waals surface area (Å²) in [6, 6.07) is 10.1. The number of hydrogen-bond donors (Lipinski definition) is 1. The Kier molecular flexibility index (Phi) is 5.31. The van der Waals surface area contributed by atoms with Gasteiger partial charge in [-0.05, 0) is 42.4 Å². The average molecular weight is 419 g/mol. The molecule has 1 atom stereocenters. The van der Waals surface area contributed by atoms with Gasteiger partial charge in [0.2, 0.25) is 0 Å². The first-order chi connectivity index (χ1) is 14.0. The van der Waals surface area contributed by atoms with Crippen molar-refractivity contribution in [1.29, 1.82) is 0 Å². The lowest BCUT2D eigenvalue weighted by molar-refractivity contribution is -0.657. The van der Waals surface area contributed by atoms with Crippen LogP contribution in [0.2, 0.25) is 0 Å². The highest BCUT2D eigenvalue weighted by molar-refractivity contribution is 8.13. The summed E-state index contributed by atoms with van der Waals surface area (Å²) >= 11 is 1.64. The Labute approximate surface area is 173 Å². The highest BCUT2D eigenvalue weighted by Crippen LogP contribution is 2.42. The van der Waals surface area contributed by atoms with Crippen LogP contribution in [0.4, 0.5) is 10.1 Å². The topological polar surface area (TPSA) is 54.2 Å². The van der Waals surface area contributed by atoms with Gasteiger partial charge in [-0.15, -0.1) is 0 Å². The third-order valence-electron chi connectivity index (χ3n) is 5.33. The Hall–Kier alpha value is -2.45. The molecule has 0 saturated heterocycles.